The molecule has 4 aliphatic heterocycles. The van der Waals surface area contributed by atoms with E-state index >= 15 is 0 Å². The molecule has 148 valence electrons. The summed E-state index contributed by atoms with van der Waals surface area (Å²) in [5.74, 6) is 1.64. The van der Waals surface area contributed by atoms with Gasteiger partial charge in [0.15, 0.2) is 5.96 Å². The highest BCUT2D eigenvalue weighted by molar-refractivity contribution is 5.80. The van der Waals surface area contributed by atoms with Crippen molar-refractivity contribution in [2.75, 3.05) is 66.0 Å². The van der Waals surface area contributed by atoms with Gasteiger partial charge in [0.1, 0.15) is 0 Å². The fourth-order valence-electron chi connectivity index (χ4n) is 4.54. The topological polar surface area (TPSA) is 43.3 Å². The van der Waals surface area contributed by atoms with Gasteiger partial charge >= 0.3 is 0 Å². The molecule has 2 atom stereocenters. The highest BCUT2D eigenvalue weighted by Crippen LogP contribution is 2.18. The van der Waals surface area contributed by atoms with E-state index in [1.54, 1.807) is 0 Å². The summed E-state index contributed by atoms with van der Waals surface area (Å²) in [6.07, 6.45) is 1.18. The average Bonchev–Trinajstić information content (AvgIpc) is 3.19. The largest absolute Gasteiger partial charge is 0.376 e. The van der Waals surface area contributed by atoms with Gasteiger partial charge in [0, 0.05) is 71.4 Å². The van der Waals surface area contributed by atoms with E-state index in [9.17, 15) is 0 Å². The number of benzene rings is 1. The molecule has 0 saturated carbocycles. The number of guanidine groups is 1. The lowest BCUT2D eigenvalue weighted by molar-refractivity contribution is 0.0152. The molecule has 6 heteroatoms. The van der Waals surface area contributed by atoms with Gasteiger partial charge in [-0.1, -0.05) is 30.3 Å². The molecular weight excluding hydrogens is 338 g/mol. The molecule has 27 heavy (non-hydrogen) atoms. The highest BCUT2D eigenvalue weighted by atomic mass is 16.5. The van der Waals surface area contributed by atoms with Crippen LogP contribution in [0.1, 0.15) is 12.0 Å². The molecule has 4 aliphatic rings. The number of fused-ring (bicyclic) bond motifs is 3. The van der Waals surface area contributed by atoms with Crippen LogP contribution in [0.5, 0.6) is 0 Å². The minimum Gasteiger partial charge on any atom is -0.376 e. The van der Waals surface area contributed by atoms with Gasteiger partial charge in [-0.05, 0) is 12.0 Å². The van der Waals surface area contributed by atoms with Crippen LogP contribution < -0.4 is 5.32 Å². The van der Waals surface area contributed by atoms with Crippen LogP contribution in [0.25, 0.3) is 0 Å². The van der Waals surface area contributed by atoms with Crippen LogP contribution in [-0.4, -0.2) is 92.7 Å². The Morgan fingerprint density at radius 1 is 1.11 bits per heavy atom. The zero-order valence-electron chi connectivity index (χ0n) is 16.5. The Bertz CT molecular complexity index is 614. The second-order valence-corrected chi connectivity index (χ2v) is 8.02. The zero-order chi connectivity index (χ0) is 18.5. The van der Waals surface area contributed by atoms with E-state index in [1.165, 1.54) is 44.7 Å². The summed E-state index contributed by atoms with van der Waals surface area (Å²) in [6, 6.07) is 11.0. The van der Waals surface area contributed by atoms with Crippen molar-refractivity contribution in [2.45, 2.75) is 19.1 Å². The smallest absolute Gasteiger partial charge is 0.193 e. The maximum absolute atomic E-state index is 5.95. The Morgan fingerprint density at radius 2 is 1.93 bits per heavy atom. The van der Waals surface area contributed by atoms with Crippen molar-refractivity contribution < 1.29 is 4.74 Å². The molecule has 0 aliphatic carbocycles. The first-order valence-corrected chi connectivity index (χ1v) is 10.4. The van der Waals surface area contributed by atoms with E-state index in [0.717, 1.165) is 32.2 Å². The van der Waals surface area contributed by atoms with Gasteiger partial charge in [0.25, 0.3) is 0 Å². The number of nitrogens with zero attached hydrogens (tertiary/aromatic N) is 4. The number of ether oxygens (including phenoxy) is 1. The molecule has 1 aromatic carbocycles. The molecule has 0 aromatic heterocycles. The van der Waals surface area contributed by atoms with Gasteiger partial charge in [-0.3, -0.25) is 14.8 Å². The molecule has 1 aromatic rings. The SMILES string of the molecule is CN=C(NCC1CN2CCN1CC2)N1CCC(COCc2ccccc2)C1. The molecule has 0 amide bonds. The van der Waals surface area contributed by atoms with Gasteiger partial charge in [-0.2, -0.15) is 0 Å². The molecule has 2 bridgehead atoms. The minimum absolute atomic E-state index is 0.591. The molecule has 2 unspecified atom stereocenters. The van der Waals surface area contributed by atoms with Crippen molar-refractivity contribution in [1.82, 2.24) is 20.0 Å². The Kier molecular flexibility index (Phi) is 6.27. The molecule has 0 radical (unpaired) electrons. The molecule has 1 N–H and O–H groups in total. The van der Waals surface area contributed by atoms with E-state index in [1.807, 2.05) is 13.1 Å². The van der Waals surface area contributed by atoms with Gasteiger partial charge in [-0.25, -0.2) is 0 Å². The van der Waals surface area contributed by atoms with Crippen LogP contribution in [0.4, 0.5) is 0 Å². The zero-order valence-corrected chi connectivity index (χ0v) is 16.5. The predicted molar refractivity (Wildman–Crippen MR) is 109 cm³/mol. The first-order chi connectivity index (χ1) is 13.3. The van der Waals surface area contributed by atoms with E-state index in [2.05, 4.69) is 49.3 Å². The van der Waals surface area contributed by atoms with E-state index in [4.69, 9.17) is 4.74 Å². The lowest BCUT2D eigenvalue weighted by atomic mass is 10.1. The summed E-state index contributed by atoms with van der Waals surface area (Å²) >= 11 is 0. The van der Waals surface area contributed by atoms with Gasteiger partial charge in [0.05, 0.1) is 13.2 Å². The van der Waals surface area contributed by atoms with Crippen molar-refractivity contribution in [1.29, 1.82) is 0 Å². The van der Waals surface area contributed by atoms with Crippen molar-refractivity contribution in [3.8, 4) is 0 Å². The molecule has 4 fully saturated rings. The van der Waals surface area contributed by atoms with E-state index < -0.39 is 0 Å². The number of aliphatic imine (C=N–C) groups is 1. The molecule has 4 heterocycles. The number of likely N-dealkylation sites (tertiary alicyclic amines) is 1. The van der Waals surface area contributed by atoms with E-state index in [-0.39, 0.29) is 0 Å². The van der Waals surface area contributed by atoms with Crippen LogP contribution in [-0.2, 0) is 11.3 Å². The highest BCUT2D eigenvalue weighted by Gasteiger charge is 2.32. The lowest BCUT2D eigenvalue weighted by Gasteiger charge is -2.47. The summed E-state index contributed by atoms with van der Waals surface area (Å²) in [5, 5.41) is 3.64. The first kappa shape index (κ1) is 18.7. The van der Waals surface area contributed by atoms with Gasteiger partial charge in [0.2, 0.25) is 0 Å². The van der Waals surface area contributed by atoms with Crippen molar-refractivity contribution in [3.05, 3.63) is 35.9 Å². The van der Waals surface area contributed by atoms with Crippen LogP contribution in [0, 0.1) is 5.92 Å². The third-order valence-electron chi connectivity index (χ3n) is 6.15. The Morgan fingerprint density at radius 3 is 2.63 bits per heavy atom. The summed E-state index contributed by atoms with van der Waals surface area (Å²) < 4.78 is 5.95. The monoisotopic (exact) mass is 371 g/mol. The third-order valence-corrected chi connectivity index (χ3v) is 6.15. The van der Waals surface area contributed by atoms with Crippen LogP contribution in [0.2, 0.25) is 0 Å². The lowest BCUT2D eigenvalue weighted by Crippen LogP contribution is -2.63. The average molecular weight is 372 g/mol. The molecule has 0 spiro atoms. The Balaban J connectivity index is 1.19. The van der Waals surface area contributed by atoms with Gasteiger partial charge in [-0.15, -0.1) is 0 Å². The van der Waals surface area contributed by atoms with Crippen molar-refractivity contribution in [3.63, 3.8) is 0 Å². The fraction of sp³-hybridized carbons (Fsp3) is 0.667. The van der Waals surface area contributed by atoms with Crippen molar-refractivity contribution >= 4 is 5.96 Å². The summed E-state index contributed by atoms with van der Waals surface area (Å²) in [5.41, 5.74) is 1.25. The fourth-order valence-corrected chi connectivity index (χ4v) is 4.54. The molecule has 5 rings (SSSR count). The minimum atomic E-state index is 0.591. The number of rotatable bonds is 6. The quantitative estimate of drug-likeness (QED) is 0.599. The van der Waals surface area contributed by atoms with Crippen LogP contribution in [0.15, 0.2) is 35.3 Å². The standard InChI is InChI=1S/C21H33N5O/c1-22-21(23-13-20-15-24-9-11-25(20)12-10-24)26-8-7-19(14-26)17-27-16-18-5-3-2-4-6-18/h2-6,19-20H,7-17H2,1H3,(H,22,23). The predicted octanol–water partition coefficient (Wildman–Crippen LogP) is 1.10. The third kappa shape index (κ3) is 4.81. The first-order valence-electron chi connectivity index (χ1n) is 10.4. The molecular formula is C21H33N5O. The maximum atomic E-state index is 5.95. The number of nitrogens with one attached hydrogen (secondary N) is 1. The number of hydrogen-bond acceptors (Lipinski definition) is 4. The van der Waals surface area contributed by atoms with Crippen LogP contribution >= 0.6 is 0 Å². The van der Waals surface area contributed by atoms with E-state index in [0.29, 0.717) is 18.6 Å². The normalized spacial score (nSPS) is 30.7. The Hall–Kier alpha value is -1.63. The summed E-state index contributed by atoms with van der Waals surface area (Å²) in [4.78, 5) is 12.2. The summed E-state index contributed by atoms with van der Waals surface area (Å²) in [6.45, 7) is 10.7. The van der Waals surface area contributed by atoms with Crippen molar-refractivity contribution in [2.24, 2.45) is 10.9 Å². The maximum Gasteiger partial charge on any atom is 0.193 e. The second-order valence-electron chi connectivity index (χ2n) is 8.02. The Labute approximate surface area is 163 Å². The van der Waals surface area contributed by atoms with Crippen LogP contribution in [0.3, 0.4) is 0 Å². The molecule has 6 nitrogen and oxygen atoms in total. The van der Waals surface area contributed by atoms with Gasteiger partial charge < -0.3 is 15.0 Å². The number of hydrogen-bond donors (Lipinski definition) is 1. The summed E-state index contributed by atoms with van der Waals surface area (Å²) in [7, 11) is 1.90. The number of piperazine rings is 3. The molecule has 4 saturated heterocycles. The second kappa shape index (κ2) is 9.04.